The van der Waals surface area contributed by atoms with Crippen molar-refractivity contribution >= 4 is 29.4 Å². The van der Waals surface area contributed by atoms with Crippen LogP contribution < -0.4 is 11.0 Å². The van der Waals surface area contributed by atoms with Gasteiger partial charge in [-0.2, -0.15) is 0 Å². The highest BCUT2D eigenvalue weighted by Gasteiger charge is 2.31. The van der Waals surface area contributed by atoms with E-state index >= 15 is 0 Å². The molecule has 0 spiro atoms. The largest absolute Gasteiger partial charge is 0.369 e. The molecular formula is C12H17N2O2PS. The van der Waals surface area contributed by atoms with Gasteiger partial charge in [0.2, 0.25) is 5.91 Å². The Bertz CT molecular complexity index is 466. The summed E-state index contributed by atoms with van der Waals surface area (Å²) < 4.78 is 7.89. The molecule has 18 heavy (non-hydrogen) atoms. The normalized spacial score (nSPS) is 25.6. The molecule has 1 unspecified atom stereocenters. The lowest BCUT2D eigenvalue weighted by Crippen LogP contribution is -2.34. The molecular weight excluding hydrogens is 267 g/mol. The second-order valence-corrected chi connectivity index (χ2v) is 8.12. The molecule has 0 saturated carbocycles. The average molecular weight is 284 g/mol. The van der Waals surface area contributed by atoms with Crippen LogP contribution >= 0.6 is 6.42 Å². The van der Waals surface area contributed by atoms with Gasteiger partial charge >= 0.3 is 0 Å². The zero-order chi connectivity index (χ0) is 13.0. The molecule has 1 amide bonds. The van der Waals surface area contributed by atoms with Crippen molar-refractivity contribution < 1.29 is 9.32 Å². The number of primary amides is 1. The minimum absolute atomic E-state index is 0.173. The Morgan fingerprint density at radius 3 is 2.78 bits per heavy atom. The van der Waals surface area contributed by atoms with Crippen molar-refractivity contribution in [2.24, 2.45) is 5.73 Å². The lowest BCUT2D eigenvalue weighted by molar-refractivity contribution is -0.118. The molecule has 1 saturated heterocycles. The monoisotopic (exact) mass is 284 g/mol. The molecule has 1 aromatic rings. The highest BCUT2D eigenvalue weighted by Crippen LogP contribution is 2.51. The number of hydrogen-bond donors (Lipinski definition) is 1. The van der Waals surface area contributed by atoms with Gasteiger partial charge < -0.3 is 10.3 Å². The first-order chi connectivity index (χ1) is 8.63. The van der Waals surface area contributed by atoms with Crippen LogP contribution in [0.2, 0.25) is 0 Å². The van der Waals surface area contributed by atoms with E-state index in [1.807, 2.05) is 35.0 Å². The Hall–Kier alpha value is -0.740. The standard InChI is InChI=1S/C12H17N2O2PS/c13-12(15)10-14-8-4-5-9-16-17(14,18)11-6-2-1-3-7-11/h1-3,6-7H,4-5,8-10H2,(H2,13,15). The van der Waals surface area contributed by atoms with Gasteiger partial charge in [-0.05, 0) is 24.6 Å². The van der Waals surface area contributed by atoms with Gasteiger partial charge in [-0.1, -0.05) is 30.3 Å². The number of nitrogens with two attached hydrogens (primary N) is 1. The van der Waals surface area contributed by atoms with Crippen molar-refractivity contribution in [2.45, 2.75) is 12.8 Å². The Kier molecular flexibility index (Phi) is 4.51. The van der Waals surface area contributed by atoms with Crippen LogP contribution in [0.1, 0.15) is 12.8 Å². The van der Waals surface area contributed by atoms with E-state index in [0.29, 0.717) is 6.61 Å². The maximum Gasteiger partial charge on any atom is 0.232 e. The molecule has 2 rings (SSSR count). The van der Waals surface area contributed by atoms with E-state index in [1.165, 1.54) is 0 Å². The molecule has 1 aromatic carbocycles. The highest BCUT2D eigenvalue weighted by atomic mass is 32.4. The van der Waals surface area contributed by atoms with Gasteiger partial charge in [0.1, 0.15) is 0 Å². The number of hydrogen-bond acceptors (Lipinski definition) is 3. The van der Waals surface area contributed by atoms with E-state index in [1.54, 1.807) is 0 Å². The summed E-state index contributed by atoms with van der Waals surface area (Å²) in [4.78, 5) is 11.2. The summed E-state index contributed by atoms with van der Waals surface area (Å²) >= 11 is 5.75. The van der Waals surface area contributed by atoms with Crippen LogP contribution in [-0.2, 0) is 21.1 Å². The van der Waals surface area contributed by atoms with Crippen molar-refractivity contribution in [3.05, 3.63) is 30.3 Å². The number of amides is 1. The first kappa shape index (κ1) is 13.7. The predicted octanol–water partition coefficient (Wildman–Crippen LogP) is 1.22. The van der Waals surface area contributed by atoms with Gasteiger partial charge in [-0.25, -0.2) is 4.67 Å². The van der Waals surface area contributed by atoms with E-state index < -0.39 is 6.42 Å². The smallest absolute Gasteiger partial charge is 0.232 e. The van der Waals surface area contributed by atoms with Crippen molar-refractivity contribution in [1.29, 1.82) is 0 Å². The molecule has 0 aromatic heterocycles. The summed E-state index contributed by atoms with van der Waals surface area (Å²) in [6.07, 6.45) is -0.350. The fourth-order valence-corrected chi connectivity index (χ4v) is 5.31. The lowest BCUT2D eigenvalue weighted by Gasteiger charge is -2.31. The van der Waals surface area contributed by atoms with E-state index in [-0.39, 0.29) is 12.5 Å². The van der Waals surface area contributed by atoms with Crippen LogP contribution in [0.3, 0.4) is 0 Å². The quantitative estimate of drug-likeness (QED) is 0.848. The zero-order valence-electron chi connectivity index (χ0n) is 10.1. The minimum Gasteiger partial charge on any atom is -0.369 e. The molecule has 98 valence electrons. The van der Waals surface area contributed by atoms with E-state index in [0.717, 1.165) is 24.7 Å². The molecule has 1 fully saturated rings. The van der Waals surface area contributed by atoms with Gasteiger partial charge in [0.25, 0.3) is 0 Å². The van der Waals surface area contributed by atoms with Crippen LogP contribution in [0, 0.1) is 0 Å². The molecule has 6 heteroatoms. The number of nitrogens with zero attached hydrogens (tertiary/aromatic N) is 1. The lowest BCUT2D eigenvalue weighted by atomic mass is 10.3. The summed E-state index contributed by atoms with van der Waals surface area (Å²) in [6, 6.07) is 9.78. The van der Waals surface area contributed by atoms with Gasteiger partial charge in [0.05, 0.1) is 13.2 Å². The first-order valence-electron chi connectivity index (χ1n) is 5.97. The fraction of sp³-hybridized carbons (Fsp3) is 0.417. The Balaban J connectivity index is 2.35. The first-order valence-corrected chi connectivity index (χ1v) is 8.64. The third-order valence-corrected chi connectivity index (χ3v) is 7.08. The Morgan fingerprint density at radius 1 is 1.39 bits per heavy atom. The van der Waals surface area contributed by atoms with E-state index in [4.69, 9.17) is 22.1 Å². The molecule has 1 heterocycles. The van der Waals surface area contributed by atoms with Crippen LogP contribution in [0.4, 0.5) is 0 Å². The van der Waals surface area contributed by atoms with Crippen molar-refractivity contribution in [3.63, 3.8) is 0 Å². The fourth-order valence-electron chi connectivity index (χ4n) is 2.00. The van der Waals surface area contributed by atoms with Crippen LogP contribution in [0.15, 0.2) is 30.3 Å². The SMILES string of the molecule is NC(=O)CN1CCCCOP1(=S)c1ccccc1. The minimum atomic E-state index is -2.31. The molecule has 4 nitrogen and oxygen atoms in total. The van der Waals surface area contributed by atoms with Gasteiger partial charge in [-0.15, -0.1) is 0 Å². The average Bonchev–Trinajstić information content (AvgIpc) is 2.54. The third kappa shape index (κ3) is 2.98. The summed E-state index contributed by atoms with van der Waals surface area (Å²) in [5.41, 5.74) is 5.31. The second kappa shape index (κ2) is 5.93. The molecule has 0 aliphatic carbocycles. The summed E-state index contributed by atoms with van der Waals surface area (Å²) in [5.74, 6) is -0.356. The second-order valence-electron chi connectivity index (χ2n) is 4.25. The summed E-state index contributed by atoms with van der Waals surface area (Å²) in [6.45, 7) is 1.60. The van der Waals surface area contributed by atoms with Crippen LogP contribution in [-0.4, -0.2) is 30.3 Å². The predicted molar refractivity (Wildman–Crippen MR) is 76.3 cm³/mol. The van der Waals surface area contributed by atoms with Crippen molar-refractivity contribution in [2.75, 3.05) is 19.7 Å². The molecule has 1 aliphatic rings. The Labute approximate surface area is 112 Å². The molecule has 1 atom stereocenters. The van der Waals surface area contributed by atoms with Crippen LogP contribution in [0.25, 0.3) is 0 Å². The summed E-state index contributed by atoms with van der Waals surface area (Å²) in [7, 11) is 0. The maximum atomic E-state index is 11.2. The maximum absolute atomic E-state index is 11.2. The van der Waals surface area contributed by atoms with Gasteiger partial charge in [0, 0.05) is 11.8 Å². The number of benzene rings is 1. The zero-order valence-corrected chi connectivity index (χ0v) is 11.8. The topological polar surface area (TPSA) is 55.6 Å². The number of carbonyl (C=O) groups excluding carboxylic acids is 1. The van der Waals surface area contributed by atoms with Gasteiger partial charge in [0.15, 0.2) is 6.42 Å². The van der Waals surface area contributed by atoms with E-state index in [2.05, 4.69) is 0 Å². The highest BCUT2D eigenvalue weighted by molar-refractivity contribution is 8.14. The van der Waals surface area contributed by atoms with E-state index in [9.17, 15) is 4.79 Å². The molecule has 0 bridgehead atoms. The van der Waals surface area contributed by atoms with Gasteiger partial charge in [-0.3, -0.25) is 4.79 Å². The number of carbonyl (C=O) groups is 1. The molecule has 2 N–H and O–H groups in total. The van der Waals surface area contributed by atoms with Crippen molar-refractivity contribution in [1.82, 2.24) is 4.67 Å². The number of rotatable bonds is 3. The Morgan fingerprint density at radius 2 is 2.11 bits per heavy atom. The molecule has 0 radical (unpaired) electrons. The summed E-state index contributed by atoms with van der Waals surface area (Å²) in [5, 5.41) is 0.989. The van der Waals surface area contributed by atoms with Crippen LogP contribution in [0.5, 0.6) is 0 Å². The van der Waals surface area contributed by atoms with Crippen molar-refractivity contribution in [3.8, 4) is 0 Å². The molecule has 1 aliphatic heterocycles. The third-order valence-electron chi connectivity index (χ3n) is 2.87.